The fraction of sp³-hybridized carbons (Fsp3) is 0.667. The van der Waals surface area contributed by atoms with Crippen LogP contribution in [-0.2, 0) is 17.9 Å². The Kier molecular flexibility index (Phi) is 5.50. The average molecular weight is 344 g/mol. The van der Waals surface area contributed by atoms with Crippen molar-refractivity contribution in [3.05, 3.63) is 29.6 Å². The second-order valence-electron chi connectivity index (χ2n) is 6.88. The zero-order chi connectivity index (χ0) is 17.8. The number of hydrogen-bond acceptors (Lipinski definition) is 4. The highest BCUT2D eigenvalue weighted by molar-refractivity contribution is 5.76. The molecule has 3 heterocycles. The number of carbonyl (C=O) groups is 1. The summed E-state index contributed by atoms with van der Waals surface area (Å²) in [6, 6.07) is 2.09. The lowest BCUT2D eigenvalue weighted by atomic mass is 10.0. The number of hydrogen-bond donors (Lipinski definition) is 0. The Bertz CT molecular complexity index is 719. The molecule has 2 aromatic rings. The van der Waals surface area contributed by atoms with Gasteiger partial charge in [-0.05, 0) is 45.6 Å². The number of aryl methyl sites for hydroxylation is 4. The van der Waals surface area contributed by atoms with Gasteiger partial charge in [0, 0.05) is 31.7 Å². The van der Waals surface area contributed by atoms with Gasteiger partial charge in [0.1, 0.15) is 6.33 Å². The van der Waals surface area contributed by atoms with Crippen LogP contribution in [0.1, 0.15) is 62.3 Å². The molecule has 7 nitrogen and oxygen atoms in total. The molecular weight excluding hydrogens is 316 g/mol. The van der Waals surface area contributed by atoms with E-state index in [1.807, 2.05) is 29.5 Å². The molecule has 7 heteroatoms. The summed E-state index contributed by atoms with van der Waals surface area (Å²) in [6.45, 7) is 8.48. The fourth-order valence-electron chi connectivity index (χ4n) is 3.68. The highest BCUT2D eigenvalue weighted by Gasteiger charge is 2.31. The molecule has 1 aliphatic rings. The second-order valence-corrected chi connectivity index (χ2v) is 6.88. The third kappa shape index (κ3) is 3.91. The van der Waals surface area contributed by atoms with E-state index in [9.17, 15) is 4.79 Å². The van der Waals surface area contributed by atoms with E-state index in [1.165, 1.54) is 0 Å². The number of piperidine rings is 1. The van der Waals surface area contributed by atoms with Crippen LogP contribution in [0.25, 0.3) is 0 Å². The van der Waals surface area contributed by atoms with Crippen molar-refractivity contribution in [2.45, 2.75) is 72.0 Å². The summed E-state index contributed by atoms with van der Waals surface area (Å²) in [5.74, 6) is 1.12. The van der Waals surface area contributed by atoms with E-state index < -0.39 is 0 Å². The van der Waals surface area contributed by atoms with Crippen molar-refractivity contribution in [2.24, 2.45) is 0 Å². The molecule has 0 N–H and O–H groups in total. The first kappa shape index (κ1) is 17.6. The van der Waals surface area contributed by atoms with Crippen molar-refractivity contribution < 1.29 is 4.79 Å². The zero-order valence-electron chi connectivity index (χ0n) is 15.5. The Labute approximate surface area is 149 Å². The third-order valence-corrected chi connectivity index (χ3v) is 4.87. The second kappa shape index (κ2) is 7.80. The van der Waals surface area contributed by atoms with Crippen molar-refractivity contribution >= 4 is 5.91 Å². The topological polar surface area (TPSA) is 68.8 Å². The van der Waals surface area contributed by atoms with Crippen LogP contribution in [-0.4, -0.2) is 41.9 Å². The first-order valence-electron chi connectivity index (χ1n) is 9.28. The van der Waals surface area contributed by atoms with Gasteiger partial charge in [-0.3, -0.25) is 9.48 Å². The summed E-state index contributed by atoms with van der Waals surface area (Å²) in [4.78, 5) is 14.9. The number of likely N-dealkylation sites (tertiary alicyclic amines) is 1. The summed E-state index contributed by atoms with van der Waals surface area (Å²) in [5.41, 5.74) is 2.09. The number of nitrogens with zero attached hydrogens (tertiary/aromatic N) is 6. The molecule has 1 aliphatic heterocycles. The van der Waals surface area contributed by atoms with Gasteiger partial charge in [0.05, 0.1) is 11.7 Å². The zero-order valence-corrected chi connectivity index (χ0v) is 15.5. The average Bonchev–Trinajstić information content (AvgIpc) is 3.19. The quantitative estimate of drug-likeness (QED) is 0.808. The van der Waals surface area contributed by atoms with Crippen LogP contribution in [0.4, 0.5) is 0 Å². The first-order valence-corrected chi connectivity index (χ1v) is 9.28. The van der Waals surface area contributed by atoms with E-state index in [4.69, 9.17) is 0 Å². The maximum Gasteiger partial charge on any atom is 0.225 e. The lowest BCUT2D eigenvalue weighted by Crippen LogP contribution is -2.40. The molecular formula is C18H28N6O. The van der Waals surface area contributed by atoms with Gasteiger partial charge in [-0.1, -0.05) is 6.92 Å². The van der Waals surface area contributed by atoms with Gasteiger partial charge in [-0.2, -0.15) is 5.10 Å². The van der Waals surface area contributed by atoms with Crippen LogP contribution in [0, 0.1) is 13.8 Å². The molecule has 0 aliphatic carbocycles. The van der Waals surface area contributed by atoms with Crippen LogP contribution in [0.5, 0.6) is 0 Å². The maximum atomic E-state index is 12.9. The Hall–Kier alpha value is -2.18. The standard InChI is InChI=1S/C18H28N6O/c1-4-9-22-13-19-20-18(22)16-7-5-6-10-23(16)17(25)8-11-24-15(3)12-14(2)21-24/h12-13,16H,4-11H2,1-3H3/t16-/m0/s1. The third-order valence-electron chi connectivity index (χ3n) is 4.87. The number of amides is 1. The van der Waals surface area contributed by atoms with Gasteiger partial charge >= 0.3 is 0 Å². The minimum Gasteiger partial charge on any atom is -0.332 e. The summed E-state index contributed by atoms with van der Waals surface area (Å²) in [5, 5.41) is 12.9. The number of rotatable bonds is 6. The molecule has 1 atom stereocenters. The van der Waals surface area contributed by atoms with Crippen molar-refractivity contribution in [2.75, 3.05) is 6.54 Å². The van der Waals surface area contributed by atoms with Gasteiger partial charge in [-0.25, -0.2) is 0 Å². The van der Waals surface area contributed by atoms with Gasteiger partial charge in [0.15, 0.2) is 5.82 Å². The lowest BCUT2D eigenvalue weighted by molar-refractivity contribution is -0.135. The van der Waals surface area contributed by atoms with E-state index in [2.05, 4.69) is 26.8 Å². The van der Waals surface area contributed by atoms with Crippen molar-refractivity contribution in [3.63, 3.8) is 0 Å². The van der Waals surface area contributed by atoms with Crippen LogP contribution in [0.3, 0.4) is 0 Å². The largest absolute Gasteiger partial charge is 0.332 e. The predicted octanol–water partition coefficient (Wildman–Crippen LogP) is 2.65. The van der Waals surface area contributed by atoms with E-state index in [1.54, 1.807) is 6.33 Å². The van der Waals surface area contributed by atoms with E-state index in [-0.39, 0.29) is 11.9 Å². The molecule has 0 bridgehead atoms. The SMILES string of the molecule is CCCn1cnnc1[C@@H]1CCCCN1C(=O)CCn1nc(C)cc1C. The van der Waals surface area contributed by atoms with Crippen LogP contribution >= 0.6 is 0 Å². The highest BCUT2D eigenvalue weighted by Crippen LogP contribution is 2.30. The van der Waals surface area contributed by atoms with Gasteiger partial charge < -0.3 is 9.47 Å². The first-order chi connectivity index (χ1) is 12.1. The molecule has 0 radical (unpaired) electrons. The fourth-order valence-corrected chi connectivity index (χ4v) is 3.68. The smallest absolute Gasteiger partial charge is 0.225 e. The Morgan fingerprint density at radius 3 is 2.84 bits per heavy atom. The Morgan fingerprint density at radius 1 is 1.28 bits per heavy atom. The molecule has 0 spiro atoms. The van der Waals surface area contributed by atoms with Gasteiger partial charge in [0.25, 0.3) is 0 Å². The Balaban J connectivity index is 1.70. The molecule has 0 aromatic carbocycles. The van der Waals surface area contributed by atoms with E-state index in [0.29, 0.717) is 13.0 Å². The molecule has 0 saturated carbocycles. The summed E-state index contributed by atoms with van der Waals surface area (Å²) >= 11 is 0. The van der Waals surface area contributed by atoms with Crippen LogP contribution < -0.4 is 0 Å². The van der Waals surface area contributed by atoms with Gasteiger partial charge in [-0.15, -0.1) is 10.2 Å². The van der Waals surface area contributed by atoms with E-state index in [0.717, 1.165) is 56.0 Å². The van der Waals surface area contributed by atoms with Crippen molar-refractivity contribution in [3.8, 4) is 0 Å². The molecule has 1 amide bonds. The van der Waals surface area contributed by atoms with Crippen LogP contribution in [0.15, 0.2) is 12.4 Å². The van der Waals surface area contributed by atoms with Crippen molar-refractivity contribution in [1.29, 1.82) is 0 Å². The highest BCUT2D eigenvalue weighted by atomic mass is 16.2. The van der Waals surface area contributed by atoms with E-state index >= 15 is 0 Å². The minimum atomic E-state index is 0.0516. The molecule has 136 valence electrons. The molecule has 1 saturated heterocycles. The Morgan fingerprint density at radius 2 is 2.12 bits per heavy atom. The summed E-state index contributed by atoms with van der Waals surface area (Å²) < 4.78 is 4.02. The number of carbonyl (C=O) groups excluding carboxylic acids is 1. The number of aromatic nitrogens is 5. The van der Waals surface area contributed by atoms with Gasteiger partial charge in [0.2, 0.25) is 5.91 Å². The summed E-state index contributed by atoms with van der Waals surface area (Å²) in [7, 11) is 0. The lowest BCUT2D eigenvalue weighted by Gasteiger charge is -2.35. The molecule has 2 aromatic heterocycles. The normalized spacial score (nSPS) is 17.9. The molecule has 25 heavy (non-hydrogen) atoms. The monoisotopic (exact) mass is 344 g/mol. The van der Waals surface area contributed by atoms with Crippen LogP contribution in [0.2, 0.25) is 0 Å². The molecule has 0 unspecified atom stereocenters. The molecule has 3 rings (SSSR count). The predicted molar refractivity (Wildman–Crippen MR) is 94.9 cm³/mol. The van der Waals surface area contributed by atoms with Crippen molar-refractivity contribution in [1.82, 2.24) is 29.4 Å². The minimum absolute atomic E-state index is 0.0516. The maximum absolute atomic E-state index is 12.9. The molecule has 1 fully saturated rings. The summed E-state index contributed by atoms with van der Waals surface area (Å²) in [6.07, 6.45) is 6.44.